The lowest BCUT2D eigenvalue weighted by Gasteiger charge is -2.34. The molecule has 0 aromatic carbocycles. The van der Waals surface area contributed by atoms with Gasteiger partial charge in [-0.15, -0.1) is 0 Å². The van der Waals surface area contributed by atoms with Crippen LogP contribution >= 0.6 is 12.6 Å². The number of carbonyl (C=O) groups excluding carboxylic acids is 1. The van der Waals surface area contributed by atoms with Crippen molar-refractivity contribution >= 4 is 18.7 Å². The second kappa shape index (κ2) is 5.34. The summed E-state index contributed by atoms with van der Waals surface area (Å²) in [7, 11) is 1.64. The van der Waals surface area contributed by atoms with Crippen molar-refractivity contribution in [2.75, 3.05) is 39.2 Å². The van der Waals surface area contributed by atoms with Crippen LogP contribution in [0.1, 0.15) is 6.42 Å². The van der Waals surface area contributed by atoms with Crippen LogP contribution < -0.4 is 0 Å². The molecule has 0 spiro atoms. The lowest BCUT2D eigenvalue weighted by atomic mass is 10.3. The summed E-state index contributed by atoms with van der Waals surface area (Å²) in [6.45, 7) is 2.95. The highest BCUT2D eigenvalue weighted by Crippen LogP contribution is 2.08. The minimum absolute atomic E-state index is 0.0818. The largest absolute Gasteiger partial charge is 0.383 e. The van der Waals surface area contributed by atoms with E-state index in [4.69, 9.17) is 4.74 Å². The number of thiol groups is 1. The molecule has 5 heteroatoms. The van der Waals surface area contributed by atoms with Crippen LogP contribution in [0.4, 0.5) is 4.79 Å². The smallest absolute Gasteiger partial charge is 0.320 e. The fraction of sp³-hybridized carbons (Fsp3) is 0.875. The number of carbonyl (C=O) groups is 1. The van der Waals surface area contributed by atoms with Crippen LogP contribution in [0.25, 0.3) is 0 Å². The topological polar surface area (TPSA) is 32.8 Å². The molecule has 1 fully saturated rings. The van der Waals surface area contributed by atoms with Gasteiger partial charge in [-0.1, -0.05) is 0 Å². The number of methoxy groups -OCH3 is 1. The number of hydrogen-bond acceptors (Lipinski definition) is 3. The van der Waals surface area contributed by atoms with Gasteiger partial charge in [0.15, 0.2) is 0 Å². The SMILES string of the molecule is COCCN1CCCN(CS)C1=O. The van der Waals surface area contributed by atoms with Crippen molar-refractivity contribution in [2.45, 2.75) is 6.42 Å². The Kier molecular flexibility index (Phi) is 4.38. The van der Waals surface area contributed by atoms with Crippen LogP contribution in [-0.4, -0.2) is 55.1 Å². The van der Waals surface area contributed by atoms with Crippen LogP contribution in [-0.2, 0) is 4.74 Å². The highest BCUT2D eigenvalue weighted by Gasteiger charge is 2.23. The van der Waals surface area contributed by atoms with Gasteiger partial charge in [0.2, 0.25) is 0 Å². The summed E-state index contributed by atoms with van der Waals surface area (Å²) < 4.78 is 4.93. The molecule has 1 aliphatic heterocycles. The van der Waals surface area contributed by atoms with Gasteiger partial charge >= 0.3 is 6.03 Å². The zero-order valence-corrected chi connectivity index (χ0v) is 8.80. The minimum Gasteiger partial charge on any atom is -0.383 e. The van der Waals surface area contributed by atoms with Gasteiger partial charge in [0.25, 0.3) is 0 Å². The monoisotopic (exact) mass is 204 g/mol. The van der Waals surface area contributed by atoms with E-state index in [0.717, 1.165) is 19.5 Å². The Balaban J connectivity index is 2.40. The molecule has 0 aromatic rings. The number of ether oxygens (including phenoxy) is 1. The standard InChI is InChI=1S/C8H16N2O2S/c1-12-6-5-9-3-2-4-10(7-13)8(9)11/h13H,2-7H2,1H3. The molecule has 0 aromatic heterocycles. The number of urea groups is 1. The second-order valence-corrected chi connectivity index (χ2v) is 3.30. The molecule has 0 bridgehead atoms. The summed E-state index contributed by atoms with van der Waals surface area (Å²) in [4.78, 5) is 15.2. The first-order valence-corrected chi connectivity index (χ1v) is 5.06. The summed E-state index contributed by atoms with van der Waals surface area (Å²) in [5, 5.41) is 0. The molecule has 1 aliphatic rings. The molecular weight excluding hydrogens is 188 g/mol. The Morgan fingerprint density at radius 3 is 2.77 bits per heavy atom. The van der Waals surface area contributed by atoms with Gasteiger partial charge in [-0.3, -0.25) is 0 Å². The third kappa shape index (κ3) is 2.77. The van der Waals surface area contributed by atoms with Gasteiger partial charge in [-0.05, 0) is 6.42 Å². The van der Waals surface area contributed by atoms with Gasteiger partial charge < -0.3 is 14.5 Å². The van der Waals surface area contributed by atoms with Crippen LogP contribution in [0, 0.1) is 0 Å². The van der Waals surface area contributed by atoms with Gasteiger partial charge in [0.05, 0.1) is 12.5 Å². The molecule has 0 N–H and O–H groups in total. The summed E-state index contributed by atoms with van der Waals surface area (Å²) in [6, 6.07) is 0.0818. The van der Waals surface area contributed by atoms with Crippen LogP contribution in [0.15, 0.2) is 0 Å². The third-order valence-electron chi connectivity index (χ3n) is 2.13. The van der Waals surface area contributed by atoms with E-state index in [-0.39, 0.29) is 6.03 Å². The zero-order chi connectivity index (χ0) is 9.68. The molecular formula is C8H16N2O2S. The van der Waals surface area contributed by atoms with Crippen molar-refractivity contribution < 1.29 is 9.53 Å². The van der Waals surface area contributed by atoms with Crippen LogP contribution in [0.2, 0.25) is 0 Å². The molecule has 0 aliphatic carbocycles. The first-order chi connectivity index (χ1) is 6.29. The number of amides is 2. The first-order valence-electron chi connectivity index (χ1n) is 4.43. The van der Waals surface area contributed by atoms with Crippen molar-refractivity contribution in [1.82, 2.24) is 9.80 Å². The molecule has 76 valence electrons. The maximum atomic E-state index is 11.6. The van der Waals surface area contributed by atoms with Crippen LogP contribution in [0.5, 0.6) is 0 Å². The predicted octanol–water partition coefficient (Wildman–Crippen LogP) is 0.648. The molecule has 1 rings (SSSR count). The molecule has 0 saturated carbocycles. The second-order valence-electron chi connectivity index (χ2n) is 3.02. The van der Waals surface area contributed by atoms with E-state index in [1.54, 1.807) is 12.0 Å². The average Bonchev–Trinajstić information content (AvgIpc) is 2.16. The molecule has 0 unspecified atom stereocenters. The fourth-order valence-corrected chi connectivity index (χ4v) is 1.65. The maximum Gasteiger partial charge on any atom is 0.320 e. The molecule has 0 radical (unpaired) electrons. The third-order valence-corrected chi connectivity index (χ3v) is 2.47. The van der Waals surface area contributed by atoms with E-state index in [0.29, 0.717) is 19.0 Å². The van der Waals surface area contributed by atoms with Gasteiger partial charge in [0, 0.05) is 26.7 Å². The van der Waals surface area contributed by atoms with Crippen molar-refractivity contribution in [3.05, 3.63) is 0 Å². The van der Waals surface area contributed by atoms with Gasteiger partial charge in [0.1, 0.15) is 0 Å². The van der Waals surface area contributed by atoms with Crippen molar-refractivity contribution in [2.24, 2.45) is 0 Å². The molecule has 13 heavy (non-hydrogen) atoms. The summed E-state index contributed by atoms with van der Waals surface area (Å²) >= 11 is 4.10. The Bertz CT molecular complexity index is 178. The van der Waals surface area contributed by atoms with E-state index in [9.17, 15) is 4.79 Å². The van der Waals surface area contributed by atoms with Crippen molar-refractivity contribution in [3.63, 3.8) is 0 Å². The normalized spacial score (nSPS) is 18.2. The van der Waals surface area contributed by atoms with E-state index >= 15 is 0 Å². The fourth-order valence-electron chi connectivity index (χ4n) is 1.38. The Labute approximate surface area is 84.2 Å². The van der Waals surface area contributed by atoms with Crippen molar-refractivity contribution in [3.8, 4) is 0 Å². The lowest BCUT2D eigenvalue weighted by Crippen LogP contribution is -2.49. The maximum absolute atomic E-state index is 11.6. The molecule has 1 saturated heterocycles. The summed E-state index contributed by atoms with van der Waals surface area (Å²) in [6.07, 6.45) is 1.02. The Hall–Kier alpha value is -0.420. The average molecular weight is 204 g/mol. The highest BCUT2D eigenvalue weighted by atomic mass is 32.1. The zero-order valence-electron chi connectivity index (χ0n) is 7.90. The first kappa shape index (κ1) is 10.7. The Morgan fingerprint density at radius 1 is 1.46 bits per heavy atom. The predicted molar refractivity (Wildman–Crippen MR) is 54.0 cm³/mol. The molecule has 2 amide bonds. The van der Waals surface area contributed by atoms with E-state index in [1.807, 2.05) is 4.90 Å². The number of rotatable bonds is 4. The lowest BCUT2D eigenvalue weighted by molar-refractivity contribution is 0.112. The van der Waals surface area contributed by atoms with Crippen LogP contribution in [0.3, 0.4) is 0 Å². The van der Waals surface area contributed by atoms with Gasteiger partial charge in [-0.25, -0.2) is 4.79 Å². The number of hydrogen-bond donors (Lipinski definition) is 1. The van der Waals surface area contributed by atoms with E-state index in [1.165, 1.54) is 0 Å². The summed E-state index contributed by atoms with van der Waals surface area (Å²) in [5.41, 5.74) is 0. The molecule has 1 heterocycles. The van der Waals surface area contributed by atoms with Gasteiger partial charge in [-0.2, -0.15) is 12.6 Å². The quantitative estimate of drug-likeness (QED) is 0.682. The van der Waals surface area contributed by atoms with Crippen molar-refractivity contribution in [1.29, 1.82) is 0 Å². The number of nitrogens with zero attached hydrogens (tertiary/aromatic N) is 2. The summed E-state index contributed by atoms with van der Waals surface area (Å²) in [5.74, 6) is 0.502. The minimum atomic E-state index is 0.0818. The molecule has 4 nitrogen and oxygen atoms in total. The Morgan fingerprint density at radius 2 is 2.15 bits per heavy atom. The highest BCUT2D eigenvalue weighted by molar-refractivity contribution is 7.80. The van der Waals surface area contributed by atoms with E-state index < -0.39 is 0 Å². The molecule has 0 atom stereocenters. The van der Waals surface area contributed by atoms with E-state index in [2.05, 4.69) is 12.6 Å².